The molecule has 28 heavy (non-hydrogen) atoms. The second-order valence-electron chi connectivity index (χ2n) is 5.54. The molecule has 2 aromatic carbocycles. The van der Waals surface area contributed by atoms with Crippen LogP contribution in [0.15, 0.2) is 48.0 Å². The van der Waals surface area contributed by atoms with E-state index in [4.69, 9.17) is 26.2 Å². The van der Waals surface area contributed by atoms with E-state index in [0.717, 1.165) is 0 Å². The van der Waals surface area contributed by atoms with E-state index in [9.17, 15) is 14.9 Å². The van der Waals surface area contributed by atoms with Gasteiger partial charge in [0.2, 0.25) is 0 Å². The molecule has 0 spiro atoms. The Kier molecular flexibility index (Phi) is 7.11. The van der Waals surface area contributed by atoms with Crippen molar-refractivity contribution in [2.24, 2.45) is 4.99 Å². The van der Waals surface area contributed by atoms with Crippen molar-refractivity contribution in [1.29, 1.82) is 0 Å². The molecule has 0 bridgehead atoms. The predicted molar refractivity (Wildman–Crippen MR) is 105 cm³/mol. The van der Waals surface area contributed by atoms with Gasteiger partial charge in [0, 0.05) is 17.8 Å². The fraction of sp³-hybridized carbons (Fsp3) is 0.158. The van der Waals surface area contributed by atoms with Gasteiger partial charge in [-0.1, -0.05) is 17.7 Å². The topological polar surface area (TPSA) is 111 Å². The molecule has 8 nitrogen and oxygen atoms in total. The van der Waals surface area contributed by atoms with Crippen LogP contribution in [-0.4, -0.2) is 35.9 Å². The quantitative estimate of drug-likeness (QED) is 0.290. The summed E-state index contributed by atoms with van der Waals surface area (Å²) in [7, 11) is 1.43. The normalized spacial score (nSPS) is 10.6. The molecule has 2 aromatic rings. The van der Waals surface area contributed by atoms with Crippen LogP contribution in [-0.2, 0) is 11.2 Å². The SMILES string of the molecule is C=CCc1cc(C=Nc2ccc(Cl)c([N+](=O)[O-])c2)cc(OC)c1OCC(=O)O. The maximum absolute atomic E-state index is 11.0. The second-order valence-corrected chi connectivity index (χ2v) is 5.94. The Morgan fingerprint density at radius 3 is 2.75 bits per heavy atom. The van der Waals surface area contributed by atoms with Crippen LogP contribution < -0.4 is 9.47 Å². The highest BCUT2D eigenvalue weighted by molar-refractivity contribution is 6.32. The zero-order chi connectivity index (χ0) is 20.7. The van der Waals surface area contributed by atoms with Crippen LogP contribution in [0, 0.1) is 10.1 Å². The molecule has 0 aliphatic heterocycles. The molecule has 0 fully saturated rings. The Morgan fingerprint density at radius 1 is 1.39 bits per heavy atom. The molecule has 0 aliphatic rings. The number of aliphatic carboxylic acids is 1. The van der Waals surface area contributed by atoms with E-state index in [1.54, 1.807) is 24.3 Å². The van der Waals surface area contributed by atoms with E-state index in [1.807, 2.05) is 0 Å². The number of methoxy groups -OCH3 is 1. The summed E-state index contributed by atoms with van der Waals surface area (Å²) in [5.74, 6) is -0.463. The van der Waals surface area contributed by atoms with E-state index in [2.05, 4.69) is 11.6 Å². The Labute approximate surface area is 165 Å². The highest BCUT2D eigenvalue weighted by atomic mass is 35.5. The molecule has 0 unspecified atom stereocenters. The standard InChI is InChI=1S/C19H17ClN2O6/c1-3-4-13-7-12(8-17(27-2)19(13)28-11-18(23)24)10-21-14-5-6-15(20)16(9-14)22(25)26/h3,5-10H,1,4,11H2,2H3,(H,23,24). The number of hydrogen-bond acceptors (Lipinski definition) is 6. The Morgan fingerprint density at radius 2 is 2.14 bits per heavy atom. The minimum absolute atomic E-state index is 0.0267. The molecule has 1 N–H and O–H groups in total. The van der Waals surface area contributed by atoms with Gasteiger partial charge in [-0.15, -0.1) is 6.58 Å². The number of nitro groups is 1. The number of nitrogens with zero attached hydrogens (tertiary/aromatic N) is 2. The average molecular weight is 405 g/mol. The largest absolute Gasteiger partial charge is 0.493 e. The lowest BCUT2D eigenvalue weighted by Gasteiger charge is -2.14. The van der Waals surface area contributed by atoms with Crippen molar-refractivity contribution >= 4 is 35.2 Å². The van der Waals surface area contributed by atoms with E-state index in [-0.39, 0.29) is 10.7 Å². The van der Waals surface area contributed by atoms with Crippen molar-refractivity contribution in [2.45, 2.75) is 6.42 Å². The monoisotopic (exact) mass is 404 g/mol. The van der Waals surface area contributed by atoms with E-state index in [0.29, 0.717) is 34.7 Å². The number of hydrogen-bond donors (Lipinski definition) is 1. The summed E-state index contributed by atoms with van der Waals surface area (Å²) >= 11 is 5.80. The summed E-state index contributed by atoms with van der Waals surface area (Å²) in [6.45, 7) is 3.17. The molecule has 0 heterocycles. The van der Waals surface area contributed by atoms with Crippen molar-refractivity contribution in [3.63, 3.8) is 0 Å². The minimum atomic E-state index is -1.11. The summed E-state index contributed by atoms with van der Waals surface area (Å²) in [6.07, 6.45) is 3.56. The lowest BCUT2D eigenvalue weighted by atomic mass is 10.1. The third kappa shape index (κ3) is 5.31. The Balaban J connectivity index is 2.40. The lowest BCUT2D eigenvalue weighted by molar-refractivity contribution is -0.384. The first-order valence-corrected chi connectivity index (χ1v) is 8.38. The highest BCUT2D eigenvalue weighted by Crippen LogP contribution is 2.34. The molecule has 146 valence electrons. The van der Waals surface area contributed by atoms with E-state index in [1.165, 1.54) is 25.5 Å². The van der Waals surface area contributed by atoms with Crippen molar-refractivity contribution < 1.29 is 24.3 Å². The van der Waals surface area contributed by atoms with E-state index < -0.39 is 17.5 Å². The van der Waals surface area contributed by atoms with Gasteiger partial charge < -0.3 is 14.6 Å². The fourth-order valence-corrected chi connectivity index (χ4v) is 2.57. The molecule has 0 aliphatic carbocycles. The smallest absolute Gasteiger partial charge is 0.341 e. The number of nitro benzene ring substituents is 1. The molecule has 9 heteroatoms. The zero-order valence-electron chi connectivity index (χ0n) is 14.9. The van der Waals surface area contributed by atoms with Crippen LogP contribution >= 0.6 is 11.6 Å². The van der Waals surface area contributed by atoms with Crippen molar-refractivity contribution in [2.75, 3.05) is 13.7 Å². The Hall–Kier alpha value is -3.39. The van der Waals surface area contributed by atoms with Gasteiger partial charge in [-0.05, 0) is 36.2 Å². The van der Waals surface area contributed by atoms with Crippen LogP contribution in [0.3, 0.4) is 0 Å². The molecular formula is C19H17ClN2O6. The number of ether oxygens (including phenoxy) is 2. The number of carboxylic acid groups (broad SMARTS) is 1. The summed E-state index contributed by atoms with van der Waals surface area (Å²) in [5.41, 5.74) is 1.42. The molecule has 0 saturated heterocycles. The van der Waals surface area contributed by atoms with Gasteiger partial charge in [0.15, 0.2) is 18.1 Å². The fourth-order valence-electron chi connectivity index (χ4n) is 2.38. The molecule has 0 aromatic heterocycles. The van der Waals surface area contributed by atoms with Gasteiger partial charge in [-0.2, -0.15) is 0 Å². The molecule has 0 saturated carbocycles. The number of halogens is 1. The maximum atomic E-state index is 11.0. The van der Waals surface area contributed by atoms with Gasteiger partial charge in [-0.3, -0.25) is 15.1 Å². The number of rotatable bonds is 9. The first-order chi connectivity index (χ1) is 13.3. The zero-order valence-corrected chi connectivity index (χ0v) is 15.7. The second kappa shape index (κ2) is 9.52. The van der Waals surface area contributed by atoms with Gasteiger partial charge in [-0.25, -0.2) is 4.79 Å². The molecule has 2 rings (SSSR count). The first kappa shape index (κ1) is 20.9. The van der Waals surface area contributed by atoms with Crippen LogP contribution in [0.2, 0.25) is 5.02 Å². The van der Waals surface area contributed by atoms with Gasteiger partial charge >= 0.3 is 5.97 Å². The molecule has 0 amide bonds. The maximum Gasteiger partial charge on any atom is 0.341 e. The average Bonchev–Trinajstić information content (AvgIpc) is 2.65. The summed E-state index contributed by atoms with van der Waals surface area (Å²) in [4.78, 5) is 25.4. The van der Waals surface area contributed by atoms with Crippen LogP contribution in [0.25, 0.3) is 0 Å². The lowest BCUT2D eigenvalue weighted by Crippen LogP contribution is -2.11. The number of benzene rings is 2. The van der Waals surface area contributed by atoms with Gasteiger partial charge in [0.1, 0.15) is 5.02 Å². The van der Waals surface area contributed by atoms with Gasteiger partial charge in [0.25, 0.3) is 5.69 Å². The summed E-state index contributed by atoms with van der Waals surface area (Å²) in [5, 5.41) is 19.9. The van der Waals surface area contributed by atoms with Crippen LogP contribution in [0.1, 0.15) is 11.1 Å². The van der Waals surface area contributed by atoms with Crippen molar-refractivity contribution in [3.8, 4) is 11.5 Å². The van der Waals surface area contributed by atoms with Crippen molar-refractivity contribution in [3.05, 3.63) is 69.3 Å². The van der Waals surface area contributed by atoms with E-state index >= 15 is 0 Å². The molecule has 0 atom stereocenters. The molecular weight excluding hydrogens is 388 g/mol. The minimum Gasteiger partial charge on any atom is -0.493 e. The number of carbonyl (C=O) groups is 1. The Bertz CT molecular complexity index is 942. The highest BCUT2D eigenvalue weighted by Gasteiger charge is 2.14. The van der Waals surface area contributed by atoms with Crippen LogP contribution in [0.4, 0.5) is 11.4 Å². The number of allylic oxidation sites excluding steroid dienone is 1. The predicted octanol–water partition coefficient (Wildman–Crippen LogP) is 4.20. The number of aliphatic imine (C=N–C) groups is 1. The van der Waals surface area contributed by atoms with Crippen molar-refractivity contribution in [1.82, 2.24) is 0 Å². The third-order valence-corrected chi connectivity index (χ3v) is 3.89. The van der Waals surface area contributed by atoms with Crippen LogP contribution in [0.5, 0.6) is 11.5 Å². The van der Waals surface area contributed by atoms with Gasteiger partial charge in [0.05, 0.1) is 17.7 Å². The summed E-state index contributed by atoms with van der Waals surface area (Å²) < 4.78 is 10.6. The number of carboxylic acids is 1. The first-order valence-electron chi connectivity index (χ1n) is 8.00. The summed E-state index contributed by atoms with van der Waals surface area (Å²) in [6, 6.07) is 7.59. The third-order valence-electron chi connectivity index (χ3n) is 3.57. The molecule has 0 radical (unpaired) electrons.